The van der Waals surface area contributed by atoms with Gasteiger partial charge in [0.1, 0.15) is 34.0 Å². The molecule has 3 aromatic rings. The van der Waals surface area contributed by atoms with Crippen LogP contribution in [0.5, 0.6) is 23.0 Å². The Hall–Kier alpha value is -2.56. The molecule has 0 aromatic heterocycles. The van der Waals surface area contributed by atoms with Crippen LogP contribution in [0.3, 0.4) is 0 Å². The third kappa shape index (κ3) is 9.22. The van der Waals surface area contributed by atoms with E-state index in [9.17, 15) is 18.1 Å². The Morgan fingerprint density at radius 3 is 2.00 bits per heavy atom. The van der Waals surface area contributed by atoms with Crippen molar-refractivity contribution in [2.45, 2.75) is 89.6 Å². The maximum atomic E-state index is 13.3. The van der Waals surface area contributed by atoms with Crippen LogP contribution in [0.1, 0.15) is 78.9 Å². The van der Waals surface area contributed by atoms with Crippen LogP contribution in [0.15, 0.2) is 70.6 Å². The van der Waals surface area contributed by atoms with Gasteiger partial charge in [0, 0.05) is 11.5 Å². The predicted octanol–water partition coefficient (Wildman–Crippen LogP) is 4.36. The van der Waals surface area contributed by atoms with Gasteiger partial charge in [-0.3, -0.25) is 9.55 Å². The van der Waals surface area contributed by atoms with Gasteiger partial charge in [0.15, 0.2) is 0 Å². The largest absolute Gasteiger partial charge is 1.00 e. The van der Waals surface area contributed by atoms with E-state index in [0.717, 1.165) is 24.5 Å². The molecule has 3 aromatic carbocycles. The summed E-state index contributed by atoms with van der Waals surface area (Å²) >= 11 is 0. The first kappa shape index (κ1) is 36.6. The number of nitrogens with zero attached hydrogens (tertiary/aromatic N) is 1. The van der Waals surface area contributed by atoms with E-state index < -0.39 is 27.0 Å². The van der Waals surface area contributed by atoms with Crippen molar-refractivity contribution in [3.8, 4) is 23.0 Å². The number of benzene rings is 3. The molecule has 0 saturated heterocycles. The third-order valence-corrected chi connectivity index (χ3v) is 8.78. The quantitative estimate of drug-likeness (QED) is 0.131. The van der Waals surface area contributed by atoms with Gasteiger partial charge < -0.3 is 19.3 Å². The maximum Gasteiger partial charge on any atom is 1.00 e. The molecule has 0 spiro atoms. The van der Waals surface area contributed by atoms with Crippen molar-refractivity contribution in [2.24, 2.45) is 4.99 Å². The minimum atomic E-state index is -4.69. The fourth-order valence-electron chi connectivity index (χ4n) is 4.26. The molecule has 0 amide bonds. The van der Waals surface area contributed by atoms with Gasteiger partial charge in [0.2, 0.25) is 0 Å². The van der Waals surface area contributed by atoms with E-state index in [-0.39, 0.29) is 51.8 Å². The summed E-state index contributed by atoms with van der Waals surface area (Å²) in [4.78, 5) is 3.63. The molecule has 1 atom stereocenters. The molecule has 0 radical (unpaired) electrons. The summed E-state index contributed by atoms with van der Waals surface area (Å²) in [7, 11) is -3.17. The summed E-state index contributed by atoms with van der Waals surface area (Å²) < 4.78 is 51.4. The Morgan fingerprint density at radius 1 is 0.884 bits per heavy atom. The molecular weight excluding hydrogens is 577 g/mol. The Balaban J connectivity index is 0.00000645. The van der Waals surface area contributed by atoms with E-state index in [2.05, 4.69) is 52.6 Å². The summed E-state index contributed by atoms with van der Waals surface area (Å²) in [6.07, 6.45) is 1.30. The Morgan fingerprint density at radius 2 is 1.47 bits per heavy atom. The van der Waals surface area contributed by atoms with Crippen LogP contribution < -0.4 is 48.9 Å². The van der Waals surface area contributed by atoms with Crippen LogP contribution in [-0.2, 0) is 20.9 Å². The molecule has 0 fully saturated rings. The zero-order chi connectivity index (χ0) is 31.3. The molecule has 3 rings (SSSR count). The van der Waals surface area contributed by atoms with Gasteiger partial charge in [-0.25, -0.2) is 0 Å². The maximum absolute atomic E-state index is 13.3. The third-order valence-electron chi connectivity index (χ3n) is 7.91. The smallest absolute Gasteiger partial charge is 0.859 e. The molecule has 0 aliphatic carbocycles. The summed E-state index contributed by atoms with van der Waals surface area (Å²) in [6.45, 7) is 14.8. The minimum Gasteiger partial charge on any atom is -0.859 e. The summed E-state index contributed by atoms with van der Waals surface area (Å²) in [5.41, 5.74) is 2.06. The second-order valence-electron chi connectivity index (χ2n) is 11.5. The molecule has 0 aliphatic heterocycles. The van der Waals surface area contributed by atoms with Crippen LogP contribution in [0, 0.1) is 0 Å². The van der Waals surface area contributed by atoms with Gasteiger partial charge in [0.25, 0.3) is 10.1 Å². The fraction of sp³-hybridized carbons (Fsp3) is 0.424. The van der Waals surface area contributed by atoms with Crippen LogP contribution in [0.25, 0.3) is 0 Å². The minimum absolute atomic E-state index is 0. The van der Waals surface area contributed by atoms with Gasteiger partial charge in [-0.1, -0.05) is 60.6 Å². The number of aliphatic imine (C=N–C) groups is 1. The van der Waals surface area contributed by atoms with Crippen molar-refractivity contribution in [1.82, 2.24) is 0 Å². The summed E-state index contributed by atoms with van der Waals surface area (Å²) in [5, 5.41) is 13.3. The average Bonchev–Trinajstić information content (AvgIpc) is 2.96. The normalized spacial score (nSPS) is 13.2. The molecule has 0 saturated carbocycles. The Labute approximate surface area is 278 Å². The SMILES string of the molecule is CCC(Oc1ccc(C(C)(C)CC)cc1C(C)(C)CC)C([O-])=Nc1ccc(Oc2ccc(OC)cc2)c(S(=O)(=O)O)c1.[Na+]. The molecule has 43 heavy (non-hydrogen) atoms. The predicted molar refractivity (Wildman–Crippen MR) is 164 cm³/mol. The van der Waals surface area contributed by atoms with Crippen molar-refractivity contribution in [1.29, 1.82) is 0 Å². The molecule has 8 nitrogen and oxygen atoms in total. The van der Waals surface area contributed by atoms with Crippen molar-refractivity contribution in [2.75, 3.05) is 7.11 Å². The van der Waals surface area contributed by atoms with E-state index in [0.29, 0.717) is 23.7 Å². The second-order valence-corrected chi connectivity index (χ2v) is 12.9. The van der Waals surface area contributed by atoms with Gasteiger partial charge in [-0.2, -0.15) is 8.42 Å². The molecule has 0 heterocycles. The van der Waals surface area contributed by atoms with Gasteiger partial charge in [0.05, 0.1) is 12.8 Å². The van der Waals surface area contributed by atoms with Gasteiger partial charge in [-0.15, -0.1) is 0 Å². The van der Waals surface area contributed by atoms with Crippen molar-refractivity contribution < 1.29 is 61.8 Å². The van der Waals surface area contributed by atoms with Crippen LogP contribution in [0.4, 0.5) is 5.69 Å². The van der Waals surface area contributed by atoms with Crippen LogP contribution >= 0.6 is 0 Å². The Bertz CT molecular complexity index is 1520. The van der Waals surface area contributed by atoms with Crippen LogP contribution in [-0.4, -0.2) is 32.1 Å². The zero-order valence-corrected chi connectivity index (χ0v) is 29.5. The van der Waals surface area contributed by atoms with Gasteiger partial charge in [-0.05, 0) is 84.2 Å². The van der Waals surface area contributed by atoms with Crippen LogP contribution in [0.2, 0.25) is 0 Å². The monoisotopic (exact) mass is 619 g/mol. The number of hydrogen-bond acceptors (Lipinski definition) is 7. The first-order chi connectivity index (χ1) is 19.6. The molecule has 0 aliphatic rings. The van der Waals surface area contributed by atoms with E-state index in [4.69, 9.17) is 14.2 Å². The number of ether oxygens (including phenoxy) is 3. The van der Waals surface area contributed by atoms with E-state index in [1.54, 1.807) is 24.3 Å². The first-order valence-electron chi connectivity index (χ1n) is 14.2. The zero-order valence-electron chi connectivity index (χ0n) is 26.7. The molecule has 1 N–H and O–H groups in total. The number of rotatable bonds is 13. The molecular formula is C33H42NNaO7S. The summed E-state index contributed by atoms with van der Waals surface area (Å²) in [6, 6.07) is 16.6. The fourth-order valence-corrected chi connectivity index (χ4v) is 4.89. The topological polar surface area (TPSA) is 117 Å². The molecule has 0 bridgehead atoms. The van der Waals surface area contributed by atoms with Crippen molar-refractivity contribution in [3.05, 3.63) is 71.8 Å². The standard InChI is InChI=1S/C33H43NO7S.Na/c1-9-27(41-28-18-12-22(32(4,5)10-2)20-26(28)33(6,7)11-3)31(35)34-23-13-19-29(30(21-23)42(36,37)38)40-25-16-14-24(39-8)15-17-25;/h12-21,27H,9-11H2,1-8H3,(H,34,35)(H,36,37,38);/q;+1/p-1. The van der Waals surface area contributed by atoms with E-state index >= 15 is 0 Å². The number of methoxy groups -OCH3 is 1. The molecule has 1 unspecified atom stereocenters. The van der Waals surface area contributed by atoms with E-state index in [1.165, 1.54) is 24.8 Å². The van der Waals surface area contributed by atoms with E-state index in [1.807, 2.05) is 19.1 Å². The van der Waals surface area contributed by atoms with Crippen molar-refractivity contribution >= 4 is 21.7 Å². The first-order valence-corrected chi connectivity index (χ1v) is 15.6. The summed E-state index contributed by atoms with van der Waals surface area (Å²) in [5.74, 6) is 0.873. The second kappa shape index (κ2) is 14.9. The molecule has 10 heteroatoms. The number of hydrogen-bond donors (Lipinski definition) is 1. The average molecular weight is 620 g/mol. The Kier molecular flexibility index (Phi) is 12.7. The van der Waals surface area contributed by atoms with Crippen molar-refractivity contribution in [3.63, 3.8) is 0 Å². The van der Waals surface area contributed by atoms with Gasteiger partial charge >= 0.3 is 29.6 Å². The molecule has 228 valence electrons.